The predicted molar refractivity (Wildman–Crippen MR) is 116 cm³/mol. The van der Waals surface area contributed by atoms with Gasteiger partial charge in [0.15, 0.2) is 11.5 Å². The van der Waals surface area contributed by atoms with Crippen LogP contribution in [0.2, 0.25) is 0 Å². The molecular weight excluding hydrogens is 416 g/mol. The molecule has 1 atom stereocenters. The van der Waals surface area contributed by atoms with Crippen molar-refractivity contribution in [3.05, 3.63) is 58.6 Å². The molecular formula is C22H20N4O4S. The third-order valence-corrected chi connectivity index (χ3v) is 6.43. The van der Waals surface area contributed by atoms with Crippen molar-refractivity contribution in [1.82, 2.24) is 10.2 Å². The number of hydrogen-bond acceptors (Lipinski definition) is 7. The van der Waals surface area contributed by atoms with Gasteiger partial charge in [-0.1, -0.05) is 30.4 Å². The van der Waals surface area contributed by atoms with Crippen LogP contribution in [0.5, 0.6) is 11.5 Å². The molecule has 0 bridgehead atoms. The van der Waals surface area contributed by atoms with E-state index >= 15 is 0 Å². The van der Waals surface area contributed by atoms with Crippen molar-refractivity contribution in [3.8, 4) is 11.5 Å². The lowest BCUT2D eigenvalue weighted by atomic mass is 10.1. The summed E-state index contributed by atoms with van der Waals surface area (Å²) in [6.07, 6.45) is 1.34. The molecule has 0 saturated carbocycles. The van der Waals surface area contributed by atoms with Crippen LogP contribution in [0.25, 0.3) is 0 Å². The fourth-order valence-corrected chi connectivity index (χ4v) is 4.52. The molecule has 0 aliphatic carbocycles. The quantitative estimate of drug-likeness (QED) is 0.657. The van der Waals surface area contributed by atoms with Gasteiger partial charge in [-0.15, -0.1) is 10.2 Å². The van der Waals surface area contributed by atoms with E-state index in [9.17, 15) is 9.59 Å². The number of nitrogens with one attached hydrogen (secondary N) is 1. The number of ether oxygens (including phenoxy) is 2. The van der Waals surface area contributed by atoms with Crippen LogP contribution in [-0.4, -0.2) is 35.3 Å². The van der Waals surface area contributed by atoms with Gasteiger partial charge in [0.25, 0.3) is 5.91 Å². The average molecular weight is 436 g/mol. The number of aryl methyl sites for hydroxylation is 1. The van der Waals surface area contributed by atoms with Gasteiger partial charge in [0, 0.05) is 30.1 Å². The minimum absolute atomic E-state index is 0.0490. The van der Waals surface area contributed by atoms with Gasteiger partial charge in [-0.3, -0.25) is 14.9 Å². The zero-order chi connectivity index (χ0) is 21.4. The minimum Gasteiger partial charge on any atom is -0.454 e. The van der Waals surface area contributed by atoms with Gasteiger partial charge in [-0.05, 0) is 42.3 Å². The van der Waals surface area contributed by atoms with Crippen LogP contribution in [0, 0.1) is 0 Å². The molecule has 8 nitrogen and oxygen atoms in total. The second-order valence-corrected chi connectivity index (χ2v) is 8.40. The van der Waals surface area contributed by atoms with Crippen molar-refractivity contribution in [2.75, 3.05) is 23.6 Å². The summed E-state index contributed by atoms with van der Waals surface area (Å²) in [5.41, 5.74) is 2.57. The van der Waals surface area contributed by atoms with Crippen molar-refractivity contribution < 1.29 is 19.1 Å². The number of fused-ring (bicyclic) bond motifs is 1. The van der Waals surface area contributed by atoms with Crippen LogP contribution in [0.3, 0.4) is 0 Å². The number of benzene rings is 2. The summed E-state index contributed by atoms with van der Waals surface area (Å²) >= 11 is 1.29. The second kappa shape index (κ2) is 7.99. The van der Waals surface area contributed by atoms with Gasteiger partial charge in [-0.25, -0.2) is 0 Å². The third kappa shape index (κ3) is 3.84. The Hall–Kier alpha value is -3.46. The Balaban J connectivity index is 1.26. The van der Waals surface area contributed by atoms with E-state index in [4.69, 9.17) is 9.47 Å². The number of anilines is 2. The summed E-state index contributed by atoms with van der Waals surface area (Å²) in [4.78, 5) is 26.9. The van der Waals surface area contributed by atoms with E-state index in [0.717, 1.165) is 17.1 Å². The van der Waals surface area contributed by atoms with E-state index in [2.05, 4.69) is 22.4 Å². The lowest BCUT2D eigenvalue weighted by molar-refractivity contribution is -0.117. The van der Waals surface area contributed by atoms with Gasteiger partial charge in [-0.2, -0.15) is 0 Å². The first-order chi connectivity index (χ1) is 15.1. The Bertz CT molecular complexity index is 1140. The van der Waals surface area contributed by atoms with Gasteiger partial charge >= 0.3 is 0 Å². The van der Waals surface area contributed by atoms with Gasteiger partial charge in [0.05, 0.1) is 0 Å². The number of carbonyl (C=O) groups is 2. The SMILES string of the molecule is CCc1ccc(N2CC(c3nnc(NC(=O)c4ccc5c(c4)OCO5)s3)CC2=O)cc1. The molecule has 1 aromatic heterocycles. The minimum atomic E-state index is -0.305. The van der Waals surface area contributed by atoms with Gasteiger partial charge in [0.2, 0.25) is 17.8 Å². The van der Waals surface area contributed by atoms with Crippen molar-refractivity contribution in [2.24, 2.45) is 0 Å². The van der Waals surface area contributed by atoms with Crippen molar-refractivity contribution in [1.29, 1.82) is 0 Å². The van der Waals surface area contributed by atoms with Crippen molar-refractivity contribution in [2.45, 2.75) is 25.7 Å². The Morgan fingerprint density at radius 1 is 1.16 bits per heavy atom. The molecule has 2 aliphatic rings. The van der Waals surface area contributed by atoms with Crippen LogP contribution in [-0.2, 0) is 11.2 Å². The maximum absolute atomic E-state index is 12.6. The van der Waals surface area contributed by atoms with E-state index < -0.39 is 0 Å². The molecule has 2 aliphatic heterocycles. The van der Waals surface area contributed by atoms with E-state index in [1.807, 2.05) is 24.3 Å². The molecule has 158 valence electrons. The number of aromatic nitrogens is 2. The first-order valence-corrected chi connectivity index (χ1v) is 10.9. The molecule has 1 N–H and O–H groups in total. The molecule has 31 heavy (non-hydrogen) atoms. The number of rotatable bonds is 5. The smallest absolute Gasteiger partial charge is 0.257 e. The standard InChI is InChI=1S/C22H20N4O4S/c1-2-13-3-6-16(7-4-13)26-11-15(10-19(26)27)21-24-25-22(31-21)23-20(28)14-5-8-17-18(9-14)30-12-29-17/h3-9,15H,2,10-12H2,1H3,(H,23,25,28). The number of carbonyl (C=O) groups excluding carboxylic acids is 2. The summed E-state index contributed by atoms with van der Waals surface area (Å²) in [5, 5.41) is 12.2. The molecule has 3 heterocycles. The highest BCUT2D eigenvalue weighted by atomic mass is 32.1. The van der Waals surface area contributed by atoms with Crippen LogP contribution in [0.4, 0.5) is 10.8 Å². The first kappa shape index (κ1) is 19.5. The van der Waals surface area contributed by atoms with Gasteiger partial charge in [0.1, 0.15) is 5.01 Å². The van der Waals surface area contributed by atoms with E-state index in [0.29, 0.717) is 35.2 Å². The molecule has 9 heteroatoms. The lowest BCUT2D eigenvalue weighted by Crippen LogP contribution is -2.24. The fourth-order valence-electron chi connectivity index (χ4n) is 3.69. The Kier molecular flexibility index (Phi) is 5.03. The number of amides is 2. The third-order valence-electron chi connectivity index (χ3n) is 5.43. The maximum atomic E-state index is 12.6. The number of nitrogens with zero attached hydrogens (tertiary/aromatic N) is 3. The molecule has 1 saturated heterocycles. The summed E-state index contributed by atoms with van der Waals surface area (Å²) in [6, 6.07) is 13.1. The molecule has 2 aromatic carbocycles. The largest absolute Gasteiger partial charge is 0.454 e. The van der Waals surface area contributed by atoms with Crippen LogP contribution >= 0.6 is 11.3 Å². The highest BCUT2D eigenvalue weighted by molar-refractivity contribution is 7.15. The van der Waals surface area contributed by atoms with Gasteiger partial charge < -0.3 is 14.4 Å². The lowest BCUT2D eigenvalue weighted by Gasteiger charge is -2.16. The zero-order valence-electron chi connectivity index (χ0n) is 16.8. The molecule has 2 amide bonds. The predicted octanol–water partition coefficient (Wildman–Crippen LogP) is 3.60. The molecule has 1 fully saturated rings. The van der Waals surface area contributed by atoms with Crippen molar-refractivity contribution >= 4 is 34.0 Å². The first-order valence-electron chi connectivity index (χ1n) is 10.0. The monoisotopic (exact) mass is 436 g/mol. The topological polar surface area (TPSA) is 93.7 Å². The van der Waals surface area contributed by atoms with E-state index in [1.54, 1.807) is 23.1 Å². The zero-order valence-corrected chi connectivity index (χ0v) is 17.6. The van der Waals surface area contributed by atoms with Crippen LogP contribution in [0.15, 0.2) is 42.5 Å². The Morgan fingerprint density at radius 3 is 2.77 bits per heavy atom. The molecule has 3 aromatic rings. The molecule has 0 radical (unpaired) electrons. The molecule has 5 rings (SSSR count). The fraction of sp³-hybridized carbons (Fsp3) is 0.273. The highest BCUT2D eigenvalue weighted by Gasteiger charge is 2.34. The summed E-state index contributed by atoms with van der Waals surface area (Å²) in [6.45, 7) is 2.81. The van der Waals surface area contributed by atoms with E-state index in [-0.39, 0.29) is 24.5 Å². The van der Waals surface area contributed by atoms with E-state index in [1.165, 1.54) is 16.9 Å². The Labute approximate surface area is 182 Å². The van der Waals surface area contributed by atoms with Crippen LogP contribution < -0.4 is 19.7 Å². The second-order valence-electron chi connectivity index (χ2n) is 7.39. The van der Waals surface area contributed by atoms with Crippen molar-refractivity contribution in [3.63, 3.8) is 0 Å². The Morgan fingerprint density at radius 2 is 1.97 bits per heavy atom. The normalized spacial score (nSPS) is 17.3. The summed E-state index contributed by atoms with van der Waals surface area (Å²) in [7, 11) is 0. The molecule has 1 unspecified atom stereocenters. The summed E-state index contributed by atoms with van der Waals surface area (Å²) in [5.74, 6) is 0.875. The number of hydrogen-bond donors (Lipinski definition) is 1. The average Bonchev–Trinajstić information content (AvgIpc) is 3.53. The highest BCUT2D eigenvalue weighted by Crippen LogP contribution is 2.35. The molecule has 0 spiro atoms. The maximum Gasteiger partial charge on any atom is 0.257 e. The van der Waals surface area contributed by atoms with Crippen LogP contribution in [0.1, 0.15) is 40.2 Å². The summed E-state index contributed by atoms with van der Waals surface area (Å²) < 4.78 is 10.6.